The number of benzene rings is 3. The monoisotopic (exact) mass is 316 g/mol. The van der Waals surface area contributed by atoms with E-state index >= 15 is 0 Å². The molecular formula is C22H20O2. The molecule has 1 heterocycles. The molecule has 0 atom stereocenters. The first-order chi connectivity index (χ1) is 11.8. The molecule has 120 valence electrons. The van der Waals surface area contributed by atoms with Crippen molar-refractivity contribution in [2.24, 2.45) is 0 Å². The van der Waals surface area contributed by atoms with E-state index in [9.17, 15) is 0 Å². The Morgan fingerprint density at radius 1 is 0.708 bits per heavy atom. The van der Waals surface area contributed by atoms with Crippen molar-refractivity contribution >= 4 is 0 Å². The van der Waals surface area contributed by atoms with Gasteiger partial charge in [-0.05, 0) is 24.1 Å². The van der Waals surface area contributed by atoms with Gasteiger partial charge in [-0.2, -0.15) is 0 Å². The fourth-order valence-corrected chi connectivity index (χ4v) is 3.21. The van der Waals surface area contributed by atoms with Gasteiger partial charge in [-0.1, -0.05) is 80.1 Å². The fraction of sp³-hybridized carbons (Fsp3) is 0.182. The molecule has 24 heavy (non-hydrogen) atoms. The van der Waals surface area contributed by atoms with Crippen LogP contribution in [0.25, 0.3) is 0 Å². The molecule has 0 saturated heterocycles. The highest BCUT2D eigenvalue weighted by Crippen LogP contribution is 2.47. The molecule has 1 aliphatic rings. The zero-order chi connectivity index (χ0) is 16.4. The van der Waals surface area contributed by atoms with Crippen molar-refractivity contribution in [3.05, 3.63) is 95.6 Å². The summed E-state index contributed by atoms with van der Waals surface area (Å²) in [4.78, 5) is 0. The fourth-order valence-electron chi connectivity index (χ4n) is 3.21. The van der Waals surface area contributed by atoms with Crippen LogP contribution in [0.4, 0.5) is 0 Å². The second-order valence-electron chi connectivity index (χ2n) is 6.08. The lowest BCUT2D eigenvalue weighted by Crippen LogP contribution is -2.36. The van der Waals surface area contributed by atoms with Crippen LogP contribution in [0.2, 0.25) is 0 Å². The van der Waals surface area contributed by atoms with E-state index in [2.05, 4.69) is 19.1 Å². The molecule has 0 aromatic heterocycles. The molecule has 0 unspecified atom stereocenters. The van der Waals surface area contributed by atoms with Gasteiger partial charge in [0.1, 0.15) is 0 Å². The maximum Gasteiger partial charge on any atom is 0.305 e. The van der Waals surface area contributed by atoms with Crippen molar-refractivity contribution in [3.8, 4) is 11.5 Å². The third-order valence-corrected chi connectivity index (χ3v) is 4.36. The van der Waals surface area contributed by atoms with Gasteiger partial charge in [-0.3, -0.25) is 0 Å². The van der Waals surface area contributed by atoms with Gasteiger partial charge in [0.05, 0.1) is 0 Å². The van der Waals surface area contributed by atoms with Gasteiger partial charge in [0, 0.05) is 11.1 Å². The summed E-state index contributed by atoms with van der Waals surface area (Å²) in [5.41, 5.74) is 3.26. The second kappa shape index (κ2) is 6.04. The van der Waals surface area contributed by atoms with Crippen molar-refractivity contribution in [3.63, 3.8) is 0 Å². The highest BCUT2D eigenvalue weighted by atomic mass is 16.7. The van der Waals surface area contributed by atoms with Crippen LogP contribution in [0.1, 0.15) is 30.0 Å². The summed E-state index contributed by atoms with van der Waals surface area (Å²) in [5.74, 6) is 0.687. The van der Waals surface area contributed by atoms with Crippen LogP contribution in [0.3, 0.4) is 0 Å². The molecule has 1 aliphatic heterocycles. The van der Waals surface area contributed by atoms with Crippen LogP contribution in [-0.2, 0) is 12.2 Å². The minimum Gasteiger partial charge on any atom is -0.440 e. The largest absolute Gasteiger partial charge is 0.440 e. The molecule has 4 rings (SSSR count). The predicted molar refractivity (Wildman–Crippen MR) is 95.4 cm³/mol. The molecular weight excluding hydrogens is 296 g/mol. The smallest absolute Gasteiger partial charge is 0.305 e. The zero-order valence-electron chi connectivity index (χ0n) is 13.7. The lowest BCUT2D eigenvalue weighted by molar-refractivity contribution is -0.0459. The molecule has 0 aliphatic carbocycles. The maximum absolute atomic E-state index is 6.43. The number of rotatable bonds is 4. The molecule has 0 saturated carbocycles. The summed E-state index contributed by atoms with van der Waals surface area (Å²) in [6.45, 7) is 2.18. The number of aryl methyl sites for hydroxylation is 1. The van der Waals surface area contributed by atoms with Gasteiger partial charge in [-0.25, -0.2) is 0 Å². The minimum atomic E-state index is -0.921. The lowest BCUT2D eigenvalue weighted by atomic mass is 9.97. The standard InChI is InChI=1S/C22H20O2/c1-2-9-17-14-15-20-21(16-17)24-22(23-20,18-10-5-3-6-11-18)19-12-7-4-8-13-19/h3-8,10-16H,2,9H2,1H3. The number of fused-ring (bicyclic) bond motifs is 1. The van der Waals surface area contributed by atoms with Crippen LogP contribution in [0.15, 0.2) is 78.9 Å². The third-order valence-electron chi connectivity index (χ3n) is 4.36. The molecule has 3 aromatic carbocycles. The molecule has 3 aromatic rings. The Hall–Kier alpha value is -2.74. The predicted octanol–water partition coefficient (Wildman–Crippen LogP) is 5.31. The van der Waals surface area contributed by atoms with Crippen molar-refractivity contribution < 1.29 is 9.47 Å². The Bertz CT molecular complexity index is 786. The Balaban J connectivity index is 1.82. The van der Waals surface area contributed by atoms with E-state index in [0.717, 1.165) is 35.5 Å². The zero-order valence-corrected chi connectivity index (χ0v) is 13.7. The maximum atomic E-state index is 6.43. The Morgan fingerprint density at radius 2 is 1.29 bits per heavy atom. The third kappa shape index (κ3) is 2.44. The number of ether oxygens (including phenoxy) is 2. The molecule has 2 nitrogen and oxygen atoms in total. The second-order valence-corrected chi connectivity index (χ2v) is 6.08. The van der Waals surface area contributed by atoms with Gasteiger partial charge in [0.15, 0.2) is 11.5 Å². The Morgan fingerprint density at radius 3 is 1.88 bits per heavy atom. The molecule has 0 fully saturated rings. The first-order valence-electron chi connectivity index (χ1n) is 8.44. The van der Waals surface area contributed by atoms with E-state index in [0.29, 0.717) is 0 Å². The van der Waals surface area contributed by atoms with Crippen molar-refractivity contribution in [2.75, 3.05) is 0 Å². The average molecular weight is 316 g/mol. The van der Waals surface area contributed by atoms with Crippen molar-refractivity contribution in [1.82, 2.24) is 0 Å². The summed E-state index contributed by atoms with van der Waals surface area (Å²) >= 11 is 0. The summed E-state index contributed by atoms with van der Waals surface area (Å²) in [6, 6.07) is 26.5. The SMILES string of the molecule is CCCc1ccc2c(c1)OC(c1ccccc1)(c1ccccc1)O2. The van der Waals surface area contributed by atoms with Gasteiger partial charge >= 0.3 is 5.79 Å². The average Bonchev–Trinajstić information content (AvgIpc) is 3.04. The summed E-state index contributed by atoms with van der Waals surface area (Å²) in [5, 5.41) is 0. The molecule has 2 heteroatoms. The summed E-state index contributed by atoms with van der Waals surface area (Å²) in [7, 11) is 0. The first kappa shape index (κ1) is 14.8. The van der Waals surface area contributed by atoms with Crippen LogP contribution in [0, 0.1) is 0 Å². The van der Waals surface area contributed by atoms with Crippen molar-refractivity contribution in [1.29, 1.82) is 0 Å². The van der Waals surface area contributed by atoms with E-state index < -0.39 is 5.79 Å². The summed E-state index contributed by atoms with van der Waals surface area (Å²) in [6.07, 6.45) is 2.16. The molecule has 0 bridgehead atoms. The highest BCUT2D eigenvalue weighted by molar-refractivity contribution is 5.50. The topological polar surface area (TPSA) is 18.5 Å². The van der Waals surface area contributed by atoms with Gasteiger partial charge < -0.3 is 9.47 Å². The lowest BCUT2D eigenvalue weighted by Gasteiger charge is -2.28. The number of hydrogen-bond acceptors (Lipinski definition) is 2. The van der Waals surface area contributed by atoms with E-state index in [1.54, 1.807) is 0 Å². The van der Waals surface area contributed by atoms with E-state index in [1.165, 1.54) is 5.56 Å². The number of hydrogen-bond donors (Lipinski definition) is 0. The van der Waals surface area contributed by atoms with Crippen molar-refractivity contribution in [2.45, 2.75) is 25.6 Å². The van der Waals surface area contributed by atoms with E-state index in [-0.39, 0.29) is 0 Å². The van der Waals surface area contributed by atoms with Gasteiger partial charge in [0.2, 0.25) is 0 Å². The van der Waals surface area contributed by atoms with Gasteiger partial charge in [-0.15, -0.1) is 0 Å². The van der Waals surface area contributed by atoms with E-state index in [1.807, 2.05) is 66.7 Å². The van der Waals surface area contributed by atoms with Crippen LogP contribution in [-0.4, -0.2) is 0 Å². The van der Waals surface area contributed by atoms with Crippen LogP contribution < -0.4 is 9.47 Å². The van der Waals surface area contributed by atoms with E-state index in [4.69, 9.17) is 9.47 Å². The summed E-state index contributed by atoms with van der Waals surface area (Å²) < 4.78 is 12.8. The normalized spacial score (nSPS) is 14.5. The van der Waals surface area contributed by atoms with Crippen LogP contribution >= 0.6 is 0 Å². The molecule has 0 spiro atoms. The molecule has 0 amide bonds. The van der Waals surface area contributed by atoms with Crippen LogP contribution in [0.5, 0.6) is 11.5 Å². The first-order valence-corrected chi connectivity index (χ1v) is 8.44. The Labute approximate surface area is 142 Å². The highest BCUT2D eigenvalue weighted by Gasteiger charge is 2.45. The Kier molecular flexibility index (Phi) is 3.73. The van der Waals surface area contributed by atoms with Gasteiger partial charge in [0.25, 0.3) is 0 Å². The quantitative estimate of drug-likeness (QED) is 0.649. The molecule has 0 radical (unpaired) electrons. The molecule has 0 N–H and O–H groups in total. The minimum absolute atomic E-state index is 0.794.